The van der Waals surface area contributed by atoms with Crippen molar-refractivity contribution >= 4 is 9.28 Å². The second-order valence-electron chi connectivity index (χ2n) is 3.25. The summed E-state index contributed by atoms with van der Waals surface area (Å²) in [6.07, 6.45) is 7.72. The zero-order valence-corrected chi connectivity index (χ0v) is 9.54. The second-order valence-corrected chi connectivity index (χ2v) is 5.20. The van der Waals surface area contributed by atoms with Crippen LogP contribution in [0, 0.1) is 0 Å². The molecule has 0 aromatic rings. The van der Waals surface area contributed by atoms with Crippen LogP contribution >= 0.6 is 0 Å². The smallest absolute Gasteiger partial charge is 0.318 e. The van der Waals surface area contributed by atoms with Crippen LogP contribution in [0.25, 0.3) is 0 Å². The fraction of sp³-hybridized carbons (Fsp3) is 1.00. The van der Waals surface area contributed by atoms with Gasteiger partial charge >= 0.3 is 9.28 Å². The monoisotopic (exact) mass is 190 g/mol. The van der Waals surface area contributed by atoms with Gasteiger partial charge in [0.25, 0.3) is 0 Å². The first-order valence-corrected chi connectivity index (χ1v) is 6.82. The highest BCUT2D eigenvalue weighted by Gasteiger charge is 2.03. The molecule has 0 aliphatic carbocycles. The molecule has 0 aromatic carbocycles. The van der Waals surface area contributed by atoms with Crippen molar-refractivity contribution in [2.24, 2.45) is 0 Å². The Morgan fingerprint density at radius 3 is 2.25 bits per heavy atom. The zero-order chi connectivity index (χ0) is 9.23. The molecule has 0 rings (SSSR count). The average Bonchev–Trinajstić information content (AvgIpc) is 2.10. The number of rotatable bonds is 8. The van der Waals surface area contributed by atoms with Crippen LogP contribution in [0.1, 0.15) is 45.4 Å². The van der Waals surface area contributed by atoms with Crippen molar-refractivity contribution in [3.05, 3.63) is 0 Å². The number of unbranched alkanes of at least 4 members (excludes halogenated alkanes) is 5. The van der Waals surface area contributed by atoms with E-state index in [0.717, 1.165) is 12.5 Å². The van der Waals surface area contributed by atoms with E-state index in [1.165, 1.54) is 32.1 Å². The summed E-state index contributed by atoms with van der Waals surface area (Å²) in [5, 5.41) is 0. The van der Waals surface area contributed by atoms with E-state index in [0.29, 0.717) is 0 Å². The third-order valence-electron chi connectivity index (χ3n) is 2.08. The van der Waals surface area contributed by atoms with Gasteiger partial charge in [-0.1, -0.05) is 45.4 Å². The summed E-state index contributed by atoms with van der Waals surface area (Å²) in [6, 6.07) is 0.919. The molecule has 0 aliphatic rings. The maximum atomic E-state index is 9.18. The highest BCUT2D eigenvalue weighted by molar-refractivity contribution is 6.42. The fourth-order valence-electron chi connectivity index (χ4n) is 1.22. The van der Waals surface area contributed by atoms with Crippen LogP contribution in [-0.2, 0) is 4.43 Å². The van der Waals surface area contributed by atoms with Gasteiger partial charge in [0.1, 0.15) is 0 Å². The fourth-order valence-corrected chi connectivity index (χ4v) is 2.09. The molecule has 0 bridgehead atoms. The van der Waals surface area contributed by atoms with Gasteiger partial charge in [-0.05, 0) is 6.04 Å². The standard InChI is InChI=1S/C9H22O2Si/c1-3-4-5-6-7-8-9-12(10)11-2/h10,12H,3-9H2,1-2H3. The summed E-state index contributed by atoms with van der Waals surface area (Å²) in [7, 11) is -0.135. The number of hydrogen-bond donors (Lipinski definition) is 1. The minimum absolute atomic E-state index is 0.919. The summed E-state index contributed by atoms with van der Waals surface area (Å²) >= 11 is 0. The molecule has 0 fully saturated rings. The van der Waals surface area contributed by atoms with Crippen LogP contribution in [0.15, 0.2) is 0 Å². The van der Waals surface area contributed by atoms with Crippen LogP contribution < -0.4 is 0 Å². The van der Waals surface area contributed by atoms with Gasteiger partial charge in [0.05, 0.1) is 0 Å². The Morgan fingerprint density at radius 2 is 1.67 bits per heavy atom. The summed E-state index contributed by atoms with van der Waals surface area (Å²) in [5.41, 5.74) is 0. The maximum absolute atomic E-state index is 9.18. The molecule has 0 aromatic heterocycles. The molecule has 1 atom stereocenters. The first-order chi connectivity index (χ1) is 5.81. The molecule has 12 heavy (non-hydrogen) atoms. The van der Waals surface area contributed by atoms with E-state index in [4.69, 9.17) is 4.43 Å². The van der Waals surface area contributed by atoms with Crippen molar-refractivity contribution in [3.8, 4) is 0 Å². The molecule has 0 amide bonds. The SMILES string of the molecule is CCCCCCCC[SiH](O)OC. The van der Waals surface area contributed by atoms with Gasteiger partial charge < -0.3 is 9.22 Å². The molecular weight excluding hydrogens is 168 g/mol. The van der Waals surface area contributed by atoms with Crippen LogP contribution in [0.4, 0.5) is 0 Å². The van der Waals surface area contributed by atoms with Gasteiger partial charge in [-0.25, -0.2) is 0 Å². The lowest BCUT2D eigenvalue weighted by molar-refractivity contribution is 0.324. The first kappa shape index (κ1) is 12.1. The summed E-state index contributed by atoms with van der Waals surface area (Å²) in [4.78, 5) is 9.18. The average molecular weight is 190 g/mol. The Hall–Kier alpha value is 0.137. The van der Waals surface area contributed by atoms with Gasteiger partial charge in [-0.15, -0.1) is 0 Å². The lowest BCUT2D eigenvalue weighted by Gasteiger charge is -2.04. The molecule has 0 spiro atoms. The lowest BCUT2D eigenvalue weighted by atomic mass is 10.1. The van der Waals surface area contributed by atoms with Crippen molar-refractivity contribution in [2.45, 2.75) is 51.5 Å². The molecule has 0 heterocycles. The molecule has 0 saturated carbocycles. The summed E-state index contributed by atoms with van der Waals surface area (Å²) in [5.74, 6) is 0. The highest BCUT2D eigenvalue weighted by Crippen LogP contribution is 2.08. The van der Waals surface area contributed by atoms with Crippen molar-refractivity contribution in [1.29, 1.82) is 0 Å². The van der Waals surface area contributed by atoms with Crippen molar-refractivity contribution in [2.75, 3.05) is 7.11 Å². The van der Waals surface area contributed by atoms with E-state index in [2.05, 4.69) is 6.92 Å². The van der Waals surface area contributed by atoms with E-state index >= 15 is 0 Å². The quantitative estimate of drug-likeness (QED) is 0.470. The minimum atomic E-state index is -1.74. The predicted molar refractivity (Wildman–Crippen MR) is 54.6 cm³/mol. The third kappa shape index (κ3) is 8.24. The molecule has 0 radical (unpaired) electrons. The Balaban J connectivity index is 2.90. The topological polar surface area (TPSA) is 29.5 Å². The van der Waals surface area contributed by atoms with Crippen LogP contribution in [0.2, 0.25) is 6.04 Å². The molecule has 1 N–H and O–H groups in total. The van der Waals surface area contributed by atoms with E-state index in [1.807, 2.05) is 0 Å². The minimum Gasteiger partial charge on any atom is -0.413 e. The van der Waals surface area contributed by atoms with Gasteiger partial charge in [0, 0.05) is 7.11 Å². The Labute approximate surface area is 77.8 Å². The van der Waals surface area contributed by atoms with E-state index in [1.54, 1.807) is 7.11 Å². The van der Waals surface area contributed by atoms with Crippen molar-refractivity contribution in [1.82, 2.24) is 0 Å². The molecule has 3 heteroatoms. The lowest BCUT2D eigenvalue weighted by Crippen LogP contribution is -2.14. The van der Waals surface area contributed by atoms with Gasteiger partial charge in [0.2, 0.25) is 0 Å². The molecule has 1 unspecified atom stereocenters. The highest BCUT2D eigenvalue weighted by atomic mass is 28.3. The predicted octanol–water partition coefficient (Wildman–Crippen LogP) is 2.21. The van der Waals surface area contributed by atoms with Gasteiger partial charge in [-0.2, -0.15) is 0 Å². The maximum Gasteiger partial charge on any atom is 0.318 e. The normalized spacial score (nSPS) is 13.2. The summed E-state index contributed by atoms with van der Waals surface area (Å²) < 4.78 is 4.87. The van der Waals surface area contributed by atoms with Crippen LogP contribution in [0.3, 0.4) is 0 Å². The van der Waals surface area contributed by atoms with Crippen LogP contribution in [0.5, 0.6) is 0 Å². The van der Waals surface area contributed by atoms with Crippen LogP contribution in [-0.4, -0.2) is 21.2 Å². The third-order valence-corrected chi connectivity index (χ3v) is 3.52. The molecular formula is C9H22O2Si. The Kier molecular flexibility index (Phi) is 9.33. The van der Waals surface area contributed by atoms with Crippen molar-refractivity contribution in [3.63, 3.8) is 0 Å². The zero-order valence-electron chi connectivity index (χ0n) is 8.38. The van der Waals surface area contributed by atoms with Gasteiger partial charge in [-0.3, -0.25) is 0 Å². The largest absolute Gasteiger partial charge is 0.413 e. The number of hydrogen-bond acceptors (Lipinski definition) is 2. The molecule has 0 saturated heterocycles. The van der Waals surface area contributed by atoms with Crippen molar-refractivity contribution < 1.29 is 9.22 Å². The van der Waals surface area contributed by atoms with E-state index in [9.17, 15) is 4.80 Å². The van der Waals surface area contributed by atoms with E-state index in [-0.39, 0.29) is 0 Å². The molecule has 2 nitrogen and oxygen atoms in total. The van der Waals surface area contributed by atoms with E-state index < -0.39 is 9.28 Å². The van der Waals surface area contributed by atoms with Gasteiger partial charge in [0.15, 0.2) is 0 Å². The molecule has 0 aliphatic heterocycles. The Morgan fingerprint density at radius 1 is 1.08 bits per heavy atom. The first-order valence-electron chi connectivity index (χ1n) is 5.02. The molecule has 74 valence electrons. The summed E-state index contributed by atoms with van der Waals surface area (Å²) in [6.45, 7) is 2.22. The Bertz CT molecular complexity index is 88.6. The second kappa shape index (κ2) is 9.23.